The van der Waals surface area contributed by atoms with Crippen molar-refractivity contribution in [3.05, 3.63) is 55.0 Å². The van der Waals surface area contributed by atoms with Crippen LogP contribution >= 0.6 is 34.5 Å². The van der Waals surface area contributed by atoms with E-state index in [-0.39, 0.29) is 12.3 Å². The number of nitrogens with zero attached hydrogens (tertiary/aromatic N) is 2. The number of thiazole rings is 1. The molecule has 120 valence electrons. The minimum absolute atomic E-state index is 0.287. The molecule has 23 heavy (non-hydrogen) atoms. The Morgan fingerprint density at radius 1 is 1.48 bits per heavy atom. The molecule has 1 aromatic carbocycles. The van der Waals surface area contributed by atoms with E-state index in [1.54, 1.807) is 12.3 Å². The Morgan fingerprint density at radius 3 is 2.96 bits per heavy atom. The van der Waals surface area contributed by atoms with Crippen LogP contribution in [-0.2, 0) is 11.2 Å². The van der Waals surface area contributed by atoms with Gasteiger partial charge in [-0.2, -0.15) is 0 Å². The highest BCUT2D eigenvalue weighted by atomic mass is 35.5. The van der Waals surface area contributed by atoms with Crippen LogP contribution in [-0.4, -0.2) is 21.9 Å². The van der Waals surface area contributed by atoms with Crippen molar-refractivity contribution in [2.24, 2.45) is 5.92 Å². The molecule has 0 aliphatic heterocycles. The molecule has 9 heteroatoms. The summed E-state index contributed by atoms with van der Waals surface area (Å²) < 4.78 is 0. The molecule has 0 spiro atoms. The summed E-state index contributed by atoms with van der Waals surface area (Å²) in [4.78, 5) is 27.1. The van der Waals surface area contributed by atoms with Gasteiger partial charge in [-0.3, -0.25) is 14.9 Å². The summed E-state index contributed by atoms with van der Waals surface area (Å²) in [7, 11) is 0. The minimum atomic E-state index is -0.764. The van der Waals surface area contributed by atoms with Crippen LogP contribution in [0.15, 0.2) is 24.4 Å². The number of hydrogen-bond donors (Lipinski definition) is 1. The molecule has 1 saturated carbocycles. The average Bonchev–Trinajstić information content (AvgIpc) is 3.20. The normalized spacial score (nSPS) is 19.4. The fraction of sp³-hybridized carbons (Fsp3) is 0.286. The Labute approximate surface area is 145 Å². The zero-order valence-electron chi connectivity index (χ0n) is 11.7. The van der Waals surface area contributed by atoms with Gasteiger partial charge in [0.2, 0.25) is 11.9 Å². The first-order chi connectivity index (χ1) is 11.0. The van der Waals surface area contributed by atoms with Crippen LogP contribution < -0.4 is 5.32 Å². The van der Waals surface area contributed by atoms with Crippen molar-refractivity contribution in [1.82, 2.24) is 4.98 Å². The van der Waals surface area contributed by atoms with Gasteiger partial charge in [-0.1, -0.05) is 35.3 Å². The molecule has 0 unspecified atom stereocenters. The molecule has 2 atom stereocenters. The molecule has 1 N–H and O–H groups in total. The first-order valence-corrected chi connectivity index (χ1v) is 8.35. The van der Waals surface area contributed by atoms with Gasteiger partial charge >= 0.3 is 0 Å². The van der Waals surface area contributed by atoms with Crippen LogP contribution in [0.1, 0.15) is 16.9 Å². The molecule has 0 bridgehead atoms. The third-order valence-corrected chi connectivity index (χ3v) is 5.32. The number of amides is 1. The van der Waals surface area contributed by atoms with Crippen molar-refractivity contribution >= 4 is 45.6 Å². The summed E-state index contributed by atoms with van der Waals surface area (Å²) in [5, 5.41) is 14.6. The van der Waals surface area contributed by atoms with E-state index >= 15 is 0 Å². The Bertz CT molecular complexity index is 780. The highest BCUT2D eigenvalue weighted by Crippen LogP contribution is 2.35. The summed E-state index contributed by atoms with van der Waals surface area (Å²) >= 11 is 13.4. The van der Waals surface area contributed by atoms with Crippen LogP contribution in [0, 0.1) is 16.0 Å². The Kier molecular flexibility index (Phi) is 4.52. The number of nitrogens with one attached hydrogen (secondary N) is 1. The van der Waals surface area contributed by atoms with Gasteiger partial charge < -0.3 is 5.32 Å². The van der Waals surface area contributed by atoms with E-state index in [9.17, 15) is 14.9 Å². The van der Waals surface area contributed by atoms with E-state index in [0.717, 1.165) is 10.4 Å². The van der Waals surface area contributed by atoms with Gasteiger partial charge in [0.05, 0.1) is 10.0 Å². The molecular formula is C14H11Cl2N3O3S. The molecule has 1 aliphatic carbocycles. The molecule has 0 radical (unpaired) electrons. The fourth-order valence-corrected chi connectivity index (χ4v) is 3.44. The highest BCUT2D eigenvalue weighted by molar-refractivity contribution is 7.15. The molecule has 1 aliphatic rings. The maximum Gasteiger partial charge on any atom is 0.236 e. The van der Waals surface area contributed by atoms with Crippen molar-refractivity contribution in [3.8, 4) is 0 Å². The monoisotopic (exact) mass is 371 g/mol. The molecule has 2 aromatic rings. The molecule has 1 heterocycles. The second-order valence-corrected chi connectivity index (χ2v) is 7.11. The van der Waals surface area contributed by atoms with Crippen molar-refractivity contribution in [2.75, 3.05) is 5.32 Å². The van der Waals surface area contributed by atoms with Gasteiger partial charge in [0.1, 0.15) is 5.92 Å². The number of carbonyl (C=O) groups is 1. The van der Waals surface area contributed by atoms with Gasteiger partial charge in [-0.25, -0.2) is 4.98 Å². The van der Waals surface area contributed by atoms with Crippen molar-refractivity contribution in [1.29, 1.82) is 0 Å². The van der Waals surface area contributed by atoms with Crippen molar-refractivity contribution < 1.29 is 9.72 Å². The maximum atomic E-state index is 11.9. The standard InChI is InChI=1S/C14H11Cl2N3O3S/c15-10-3-1-2-7(12(10)16)4-8-6-17-14(23-8)18-13(20)9-5-11(9)19(21)22/h1-3,6,9,11H,4-5H2,(H,17,18,20)/t9-,11+/m0/s1. The van der Waals surface area contributed by atoms with Gasteiger partial charge in [0.25, 0.3) is 0 Å². The van der Waals surface area contributed by atoms with E-state index in [4.69, 9.17) is 23.2 Å². The first-order valence-electron chi connectivity index (χ1n) is 6.77. The van der Waals surface area contributed by atoms with Crippen molar-refractivity contribution in [3.63, 3.8) is 0 Å². The molecule has 1 aromatic heterocycles. The Morgan fingerprint density at radius 2 is 2.26 bits per heavy atom. The quantitative estimate of drug-likeness (QED) is 0.641. The lowest BCUT2D eigenvalue weighted by Gasteiger charge is -2.03. The number of carbonyl (C=O) groups excluding carboxylic acids is 1. The smallest absolute Gasteiger partial charge is 0.236 e. The third-order valence-electron chi connectivity index (χ3n) is 3.54. The second kappa shape index (κ2) is 6.43. The lowest BCUT2D eigenvalue weighted by atomic mass is 10.1. The molecule has 1 fully saturated rings. The molecule has 1 amide bonds. The SMILES string of the molecule is O=C(Nc1ncc(Cc2cccc(Cl)c2Cl)s1)[C@H]1C[C@H]1[N+](=O)[O-]. The largest absolute Gasteiger partial charge is 0.301 e. The molecular weight excluding hydrogens is 361 g/mol. The number of aromatic nitrogens is 1. The Balaban J connectivity index is 1.63. The minimum Gasteiger partial charge on any atom is -0.301 e. The Hall–Kier alpha value is -1.70. The van der Waals surface area contributed by atoms with E-state index in [1.807, 2.05) is 12.1 Å². The molecule has 3 rings (SSSR count). The maximum absolute atomic E-state index is 11.9. The zero-order valence-corrected chi connectivity index (χ0v) is 14.0. The topological polar surface area (TPSA) is 85.1 Å². The lowest BCUT2D eigenvalue weighted by molar-refractivity contribution is -0.497. The van der Waals surface area contributed by atoms with Gasteiger partial charge in [0.15, 0.2) is 5.13 Å². The number of rotatable bonds is 5. The van der Waals surface area contributed by atoms with Crippen molar-refractivity contribution in [2.45, 2.75) is 18.9 Å². The van der Waals surface area contributed by atoms with E-state index in [0.29, 0.717) is 21.6 Å². The first kappa shape index (κ1) is 16.2. The van der Waals surface area contributed by atoms with Crippen LogP contribution in [0.2, 0.25) is 10.0 Å². The predicted molar refractivity (Wildman–Crippen MR) is 88.9 cm³/mol. The lowest BCUT2D eigenvalue weighted by Crippen LogP contribution is -2.18. The molecule has 6 nitrogen and oxygen atoms in total. The zero-order chi connectivity index (χ0) is 16.6. The van der Waals surface area contributed by atoms with Crippen LogP contribution in [0.25, 0.3) is 0 Å². The fourth-order valence-electron chi connectivity index (χ4n) is 2.21. The molecule has 0 saturated heterocycles. The van der Waals surface area contributed by atoms with Gasteiger partial charge in [0, 0.05) is 28.8 Å². The predicted octanol–water partition coefficient (Wildman–Crippen LogP) is 3.64. The number of nitro groups is 1. The number of anilines is 1. The number of halogens is 2. The number of benzene rings is 1. The van der Waals surface area contributed by atoms with E-state index < -0.39 is 16.9 Å². The van der Waals surface area contributed by atoms with Gasteiger partial charge in [-0.05, 0) is 11.6 Å². The second-order valence-electron chi connectivity index (χ2n) is 5.21. The third kappa shape index (κ3) is 3.63. The summed E-state index contributed by atoms with van der Waals surface area (Å²) in [6.45, 7) is 0. The van der Waals surface area contributed by atoms with Crippen LogP contribution in [0.4, 0.5) is 5.13 Å². The van der Waals surface area contributed by atoms with E-state index in [1.165, 1.54) is 11.3 Å². The summed E-state index contributed by atoms with van der Waals surface area (Å²) in [6, 6.07) is 4.64. The summed E-state index contributed by atoms with van der Waals surface area (Å²) in [5.41, 5.74) is 0.872. The highest BCUT2D eigenvalue weighted by Gasteiger charge is 2.53. The number of hydrogen-bond acceptors (Lipinski definition) is 5. The van der Waals surface area contributed by atoms with Crippen LogP contribution in [0.3, 0.4) is 0 Å². The van der Waals surface area contributed by atoms with Gasteiger partial charge in [-0.15, -0.1) is 11.3 Å². The van der Waals surface area contributed by atoms with E-state index in [2.05, 4.69) is 10.3 Å². The summed E-state index contributed by atoms with van der Waals surface area (Å²) in [5.74, 6) is -0.909. The van der Waals surface area contributed by atoms with Crippen LogP contribution in [0.5, 0.6) is 0 Å². The summed E-state index contributed by atoms with van der Waals surface area (Å²) in [6.07, 6.45) is 2.48. The average molecular weight is 372 g/mol.